The van der Waals surface area contributed by atoms with Crippen molar-refractivity contribution >= 4 is 28.8 Å². The van der Waals surface area contributed by atoms with Crippen molar-refractivity contribution in [2.75, 3.05) is 18.8 Å². The Bertz CT molecular complexity index is 309. The van der Waals surface area contributed by atoms with Crippen molar-refractivity contribution in [3.05, 3.63) is 0 Å². The predicted molar refractivity (Wildman–Crippen MR) is 55.4 cm³/mol. The average molecular weight is 228 g/mol. The highest BCUT2D eigenvalue weighted by atomic mass is 32.2. The van der Waals surface area contributed by atoms with Crippen LogP contribution >= 0.6 is 11.8 Å². The van der Waals surface area contributed by atoms with Gasteiger partial charge in [0.25, 0.3) is 5.24 Å². The summed E-state index contributed by atoms with van der Waals surface area (Å²) in [6.45, 7) is 2.81. The molecule has 0 spiro atoms. The summed E-state index contributed by atoms with van der Waals surface area (Å²) in [4.78, 5) is 36.9. The van der Waals surface area contributed by atoms with E-state index in [1.807, 2.05) is 0 Å². The lowest BCUT2D eigenvalue weighted by Crippen LogP contribution is -2.62. The second-order valence-electron chi connectivity index (χ2n) is 3.62. The zero-order valence-corrected chi connectivity index (χ0v) is 9.25. The van der Waals surface area contributed by atoms with Crippen LogP contribution in [0.15, 0.2) is 0 Å². The fourth-order valence-corrected chi connectivity index (χ4v) is 2.54. The van der Waals surface area contributed by atoms with Crippen molar-refractivity contribution in [2.24, 2.45) is 0 Å². The number of amides is 3. The molecule has 82 valence electrons. The average Bonchev–Trinajstić information content (AvgIpc) is 2.46. The molecule has 2 heterocycles. The molecule has 2 aliphatic heterocycles. The second kappa shape index (κ2) is 3.84. The molecule has 0 unspecified atom stereocenters. The first-order valence-electron chi connectivity index (χ1n) is 4.90. The molecule has 0 atom stereocenters. The molecule has 6 heteroatoms. The van der Waals surface area contributed by atoms with Crippen LogP contribution in [-0.2, 0) is 9.59 Å². The fourth-order valence-electron chi connectivity index (χ4n) is 1.76. The lowest BCUT2D eigenvalue weighted by atomic mass is 10.1. The van der Waals surface area contributed by atoms with Crippen LogP contribution in [0.4, 0.5) is 4.79 Å². The van der Waals surface area contributed by atoms with E-state index < -0.39 is 0 Å². The minimum absolute atomic E-state index is 0.0815. The van der Waals surface area contributed by atoms with Gasteiger partial charge in [0.2, 0.25) is 11.8 Å². The largest absolute Gasteiger partial charge is 0.338 e. The maximum Gasteiger partial charge on any atom is 0.289 e. The van der Waals surface area contributed by atoms with E-state index in [0.29, 0.717) is 19.5 Å². The number of thioether (sulfide) groups is 1. The first-order valence-corrected chi connectivity index (χ1v) is 5.88. The zero-order valence-electron chi connectivity index (χ0n) is 8.43. The van der Waals surface area contributed by atoms with Gasteiger partial charge in [0.1, 0.15) is 0 Å². The Labute approximate surface area is 91.8 Å². The Hall–Kier alpha value is -1.04. The SMILES string of the molecule is CCC(=O)N1CC(N2C(=O)CSC2=O)C1. The number of nitrogens with zero attached hydrogens (tertiary/aromatic N) is 2. The fraction of sp³-hybridized carbons (Fsp3) is 0.667. The van der Waals surface area contributed by atoms with Crippen LogP contribution in [0.3, 0.4) is 0 Å². The quantitative estimate of drug-likeness (QED) is 0.682. The smallest absolute Gasteiger partial charge is 0.289 e. The van der Waals surface area contributed by atoms with E-state index in [9.17, 15) is 14.4 Å². The number of imide groups is 1. The normalized spacial score (nSPS) is 22.2. The topological polar surface area (TPSA) is 57.7 Å². The molecular formula is C9H12N2O3S. The third kappa shape index (κ3) is 1.73. The summed E-state index contributed by atoms with van der Waals surface area (Å²) in [5, 5.41) is -0.173. The van der Waals surface area contributed by atoms with E-state index in [4.69, 9.17) is 0 Å². The molecule has 2 rings (SSSR count). The van der Waals surface area contributed by atoms with Crippen LogP contribution in [0.1, 0.15) is 13.3 Å². The third-order valence-electron chi connectivity index (χ3n) is 2.67. The van der Waals surface area contributed by atoms with Crippen LogP contribution in [0.2, 0.25) is 0 Å². The van der Waals surface area contributed by atoms with Gasteiger partial charge in [0.05, 0.1) is 11.8 Å². The van der Waals surface area contributed by atoms with Gasteiger partial charge < -0.3 is 4.90 Å². The molecule has 3 amide bonds. The van der Waals surface area contributed by atoms with Gasteiger partial charge >= 0.3 is 0 Å². The summed E-state index contributed by atoms with van der Waals surface area (Å²) in [6, 6.07) is -0.0875. The van der Waals surface area contributed by atoms with E-state index in [0.717, 1.165) is 11.8 Å². The van der Waals surface area contributed by atoms with E-state index in [1.54, 1.807) is 11.8 Å². The van der Waals surface area contributed by atoms with Crippen LogP contribution in [-0.4, -0.2) is 51.7 Å². The second-order valence-corrected chi connectivity index (χ2v) is 4.55. The Balaban J connectivity index is 1.91. The van der Waals surface area contributed by atoms with Crippen LogP contribution in [0, 0.1) is 0 Å². The van der Waals surface area contributed by atoms with Crippen molar-refractivity contribution in [3.8, 4) is 0 Å². The number of carbonyl (C=O) groups is 3. The molecule has 0 aliphatic carbocycles. The molecule has 0 aromatic carbocycles. The Morgan fingerprint density at radius 3 is 2.60 bits per heavy atom. The molecule has 0 bridgehead atoms. The van der Waals surface area contributed by atoms with Crippen LogP contribution < -0.4 is 0 Å². The number of hydrogen-bond donors (Lipinski definition) is 0. The van der Waals surface area contributed by atoms with Gasteiger partial charge in [0, 0.05) is 19.5 Å². The standard InChI is InChI=1S/C9H12N2O3S/c1-2-7(12)10-3-6(4-10)11-8(13)5-15-9(11)14/h6H,2-5H2,1H3. The van der Waals surface area contributed by atoms with Gasteiger partial charge in [-0.1, -0.05) is 18.7 Å². The van der Waals surface area contributed by atoms with Gasteiger partial charge in [-0.25, -0.2) is 0 Å². The molecular weight excluding hydrogens is 216 g/mol. The van der Waals surface area contributed by atoms with Crippen LogP contribution in [0.5, 0.6) is 0 Å². The monoisotopic (exact) mass is 228 g/mol. The molecule has 0 aromatic rings. The van der Waals surface area contributed by atoms with Crippen molar-refractivity contribution < 1.29 is 14.4 Å². The number of carbonyl (C=O) groups excluding carboxylic acids is 3. The first kappa shape index (κ1) is 10.5. The summed E-state index contributed by atoms with van der Waals surface area (Å²) in [7, 11) is 0. The molecule has 0 radical (unpaired) electrons. The van der Waals surface area contributed by atoms with E-state index >= 15 is 0 Å². The minimum atomic E-state index is -0.173. The van der Waals surface area contributed by atoms with Gasteiger partial charge in [-0.15, -0.1) is 0 Å². The summed E-state index contributed by atoms with van der Waals surface area (Å²) in [6.07, 6.45) is 0.476. The summed E-state index contributed by atoms with van der Waals surface area (Å²) in [5.74, 6) is 0.202. The molecule has 0 saturated carbocycles. The molecule has 2 fully saturated rings. The third-order valence-corrected chi connectivity index (χ3v) is 3.50. The molecule has 5 nitrogen and oxygen atoms in total. The maximum atomic E-state index is 11.3. The van der Waals surface area contributed by atoms with Gasteiger partial charge in [-0.3, -0.25) is 19.3 Å². The number of rotatable bonds is 2. The molecule has 2 saturated heterocycles. The Morgan fingerprint density at radius 1 is 1.47 bits per heavy atom. The van der Waals surface area contributed by atoms with Gasteiger partial charge in [-0.2, -0.15) is 0 Å². The van der Waals surface area contributed by atoms with Crippen molar-refractivity contribution in [1.82, 2.24) is 9.80 Å². The first-order chi connectivity index (χ1) is 7.13. The Morgan fingerprint density at radius 2 is 2.13 bits per heavy atom. The lowest BCUT2D eigenvalue weighted by Gasteiger charge is -2.42. The van der Waals surface area contributed by atoms with Gasteiger partial charge in [0.15, 0.2) is 0 Å². The maximum absolute atomic E-state index is 11.3. The number of hydrogen-bond acceptors (Lipinski definition) is 4. The molecule has 15 heavy (non-hydrogen) atoms. The van der Waals surface area contributed by atoms with Gasteiger partial charge in [-0.05, 0) is 0 Å². The lowest BCUT2D eigenvalue weighted by molar-refractivity contribution is -0.141. The highest BCUT2D eigenvalue weighted by Gasteiger charge is 2.42. The van der Waals surface area contributed by atoms with Crippen molar-refractivity contribution in [1.29, 1.82) is 0 Å². The van der Waals surface area contributed by atoms with E-state index in [2.05, 4.69) is 0 Å². The Kier molecular flexibility index (Phi) is 2.68. The van der Waals surface area contributed by atoms with Crippen LogP contribution in [0.25, 0.3) is 0 Å². The van der Waals surface area contributed by atoms with Crippen molar-refractivity contribution in [3.63, 3.8) is 0 Å². The zero-order chi connectivity index (χ0) is 11.0. The van der Waals surface area contributed by atoms with E-state index in [1.165, 1.54) is 4.90 Å². The molecule has 0 aromatic heterocycles. The van der Waals surface area contributed by atoms with E-state index in [-0.39, 0.29) is 28.8 Å². The predicted octanol–water partition coefficient (Wildman–Crippen LogP) is 0.303. The minimum Gasteiger partial charge on any atom is -0.338 e. The highest BCUT2D eigenvalue weighted by Crippen LogP contribution is 2.26. The number of likely N-dealkylation sites (tertiary alicyclic amines) is 1. The summed E-state index contributed by atoms with van der Waals surface area (Å²) in [5.41, 5.74) is 0. The summed E-state index contributed by atoms with van der Waals surface area (Å²) < 4.78 is 0. The summed E-state index contributed by atoms with van der Waals surface area (Å²) >= 11 is 1.04. The molecule has 2 aliphatic rings. The highest BCUT2D eigenvalue weighted by molar-refractivity contribution is 8.14. The van der Waals surface area contributed by atoms with Crippen molar-refractivity contribution in [2.45, 2.75) is 19.4 Å². The molecule has 0 N–H and O–H groups in total.